The fourth-order valence-corrected chi connectivity index (χ4v) is 2.96. The van der Waals surface area contributed by atoms with E-state index in [2.05, 4.69) is 20.5 Å². The minimum absolute atomic E-state index is 0.538. The summed E-state index contributed by atoms with van der Waals surface area (Å²) in [5.41, 5.74) is 2.65. The van der Waals surface area contributed by atoms with Crippen LogP contribution in [0.15, 0.2) is 30.9 Å². The lowest BCUT2D eigenvalue weighted by molar-refractivity contribution is 0.214. The SMILES string of the molecule is Cn1cc(-c2cn3nccc3c(OC[C@H]3CCCNC3)n2)cn1. The topological polar surface area (TPSA) is 69.3 Å². The van der Waals surface area contributed by atoms with Gasteiger partial charge in [0.1, 0.15) is 5.52 Å². The first-order valence-electron chi connectivity index (χ1n) is 7.96. The van der Waals surface area contributed by atoms with Gasteiger partial charge in [-0.1, -0.05) is 0 Å². The second-order valence-corrected chi connectivity index (χ2v) is 6.02. The molecule has 23 heavy (non-hydrogen) atoms. The van der Waals surface area contributed by atoms with Crippen molar-refractivity contribution in [2.24, 2.45) is 13.0 Å². The highest BCUT2D eigenvalue weighted by atomic mass is 16.5. The molecule has 0 amide bonds. The molecular formula is C16H20N6O. The summed E-state index contributed by atoms with van der Waals surface area (Å²) in [4.78, 5) is 4.68. The Morgan fingerprint density at radius 3 is 3.09 bits per heavy atom. The number of nitrogens with one attached hydrogen (secondary N) is 1. The Bertz CT molecular complexity index is 802. The number of aromatic nitrogens is 5. The van der Waals surface area contributed by atoms with Gasteiger partial charge in [0.05, 0.1) is 30.9 Å². The molecule has 0 saturated carbocycles. The molecule has 3 aromatic rings. The maximum absolute atomic E-state index is 6.05. The Balaban J connectivity index is 1.63. The summed E-state index contributed by atoms with van der Waals surface area (Å²) in [6, 6.07) is 1.93. The third-order valence-electron chi connectivity index (χ3n) is 4.21. The summed E-state index contributed by atoms with van der Waals surface area (Å²) in [6.45, 7) is 2.80. The Morgan fingerprint density at radius 2 is 2.30 bits per heavy atom. The van der Waals surface area contributed by atoms with Crippen molar-refractivity contribution in [2.45, 2.75) is 12.8 Å². The van der Waals surface area contributed by atoms with Crippen LogP contribution < -0.4 is 10.1 Å². The number of hydrogen-bond acceptors (Lipinski definition) is 5. The summed E-state index contributed by atoms with van der Waals surface area (Å²) in [6.07, 6.45) is 9.81. The van der Waals surface area contributed by atoms with Crippen LogP contribution in [-0.4, -0.2) is 44.1 Å². The molecule has 1 aliphatic heterocycles. The number of aryl methyl sites for hydroxylation is 1. The average molecular weight is 312 g/mol. The van der Waals surface area contributed by atoms with Crippen molar-refractivity contribution in [1.29, 1.82) is 0 Å². The number of ether oxygens (including phenoxy) is 1. The van der Waals surface area contributed by atoms with E-state index in [0.717, 1.165) is 29.9 Å². The van der Waals surface area contributed by atoms with Gasteiger partial charge in [-0.05, 0) is 25.5 Å². The van der Waals surface area contributed by atoms with Crippen LogP contribution in [0.5, 0.6) is 5.88 Å². The fraction of sp³-hybridized carbons (Fsp3) is 0.438. The number of fused-ring (bicyclic) bond motifs is 1. The van der Waals surface area contributed by atoms with Gasteiger partial charge in [-0.25, -0.2) is 9.50 Å². The van der Waals surface area contributed by atoms with Crippen molar-refractivity contribution in [3.8, 4) is 17.1 Å². The van der Waals surface area contributed by atoms with Crippen molar-refractivity contribution in [3.63, 3.8) is 0 Å². The number of piperidine rings is 1. The van der Waals surface area contributed by atoms with E-state index < -0.39 is 0 Å². The van der Waals surface area contributed by atoms with E-state index in [-0.39, 0.29) is 0 Å². The average Bonchev–Trinajstić information content (AvgIpc) is 3.22. The number of rotatable bonds is 4. The van der Waals surface area contributed by atoms with Crippen LogP contribution in [0.25, 0.3) is 16.8 Å². The molecule has 7 heteroatoms. The summed E-state index contributed by atoms with van der Waals surface area (Å²) in [5.74, 6) is 1.17. The second-order valence-electron chi connectivity index (χ2n) is 6.02. The molecule has 0 aliphatic carbocycles. The highest BCUT2D eigenvalue weighted by molar-refractivity contribution is 5.63. The van der Waals surface area contributed by atoms with Gasteiger partial charge in [-0.15, -0.1) is 0 Å². The summed E-state index contributed by atoms with van der Waals surface area (Å²) < 4.78 is 9.62. The highest BCUT2D eigenvalue weighted by Gasteiger charge is 2.16. The van der Waals surface area contributed by atoms with Gasteiger partial charge in [0.2, 0.25) is 5.88 Å². The zero-order valence-corrected chi connectivity index (χ0v) is 13.1. The molecule has 1 fully saturated rings. The molecule has 1 saturated heterocycles. The van der Waals surface area contributed by atoms with Crippen LogP contribution in [0.1, 0.15) is 12.8 Å². The first kappa shape index (κ1) is 14.2. The third-order valence-corrected chi connectivity index (χ3v) is 4.21. The fourth-order valence-electron chi connectivity index (χ4n) is 2.96. The maximum atomic E-state index is 6.05. The van der Waals surface area contributed by atoms with E-state index in [1.165, 1.54) is 12.8 Å². The molecule has 4 rings (SSSR count). The lowest BCUT2D eigenvalue weighted by atomic mass is 10.0. The van der Waals surface area contributed by atoms with Gasteiger partial charge in [-0.3, -0.25) is 4.68 Å². The minimum Gasteiger partial charge on any atom is -0.476 e. The standard InChI is InChI=1S/C16H20N6O/c1-21-9-13(8-19-21)14-10-22-15(4-6-18-22)16(20-14)23-11-12-3-2-5-17-7-12/h4,6,8-10,12,17H,2-3,5,7,11H2,1H3/t12-/m0/s1. The molecule has 1 atom stereocenters. The maximum Gasteiger partial charge on any atom is 0.240 e. The van der Waals surface area contributed by atoms with Crippen LogP contribution >= 0.6 is 0 Å². The summed E-state index contributed by atoms with van der Waals surface area (Å²) in [5, 5.41) is 11.9. The van der Waals surface area contributed by atoms with Gasteiger partial charge >= 0.3 is 0 Å². The van der Waals surface area contributed by atoms with Crippen molar-refractivity contribution in [2.75, 3.05) is 19.7 Å². The Morgan fingerprint density at radius 1 is 1.35 bits per heavy atom. The van der Waals surface area contributed by atoms with Crippen molar-refractivity contribution in [1.82, 2.24) is 29.7 Å². The van der Waals surface area contributed by atoms with Gasteiger partial charge in [-0.2, -0.15) is 10.2 Å². The molecule has 120 valence electrons. The Hall–Kier alpha value is -2.41. The number of hydrogen-bond donors (Lipinski definition) is 1. The molecule has 0 aromatic carbocycles. The Labute approximate surface area is 134 Å². The van der Waals surface area contributed by atoms with Crippen LogP contribution in [0.2, 0.25) is 0 Å². The van der Waals surface area contributed by atoms with Crippen LogP contribution in [0.4, 0.5) is 0 Å². The quantitative estimate of drug-likeness (QED) is 0.791. The van der Waals surface area contributed by atoms with E-state index in [0.29, 0.717) is 18.4 Å². The molecule has 1 aliphatic rings. The zero-order valence-electron chi connectivity index (χ0n) is 13.1. The molecular weight excluding hydrogens is 292 g/mol. The summed E-state index contributed by atoms with van der Waals surface area (Å²) >= 11 is 0. The van der Waals surface area contributed by atoms with Gasteiger partial charge < -0.3 is 10.1 Å². The van der Waals surface area contributed by atoms with Crippen molar-refractivity contribution >= 4 is 5.52 Å². The largest absolute Gasteiger partial charge is 0.476 e. The van der Waals surface area contributed by atoms with Crippen LogP contribution in [0, 0.1) is 5.92 Å². The van der Waals surface area contributed by atoms with Crippen LogP contribution in [0.3, 0.4) is 0 Å². The monoisotopic (exact) mass is 312 g/mol. The summed E-state index contributed by atoms with van der Waals surface area (Å²) in [7, 11) is 1.89. The second kappa shape index (κ2) is 6.00. The molecule has 7 nitrogen and oxygen atoms in total. The normalized spacial score (nSPS) is 18.4. The molecule has 0 unspecified atom stereocenters. The predicted molar refractivity (Wildman–Crippen MR) is 86.3 cm³/mol. The lowest BCUT2D eigenvalue weighted by Crippen LogP contribution is -2.33. The molecule has 3 aromatic heterocycles. The first-order valence-corrected chi connectivity index (χ1v) is 7.96. The molecule has 0 bridgehead atoms. The van der Waals surface area contributed by atoms with E-state index in [1.54, 1.807) is 17.1 Å². The van der Waals surface area contributed by atoms with E-state index >= 15 is 0 Å². The smallest absolute Gasteiger partial charge is 0.240 e. The molecule has 0 spiro atoms. The van der Waals surface area contributed by atoms with Gasteiger partial charge in [0.25, 0.3) is 0 Å². The van der Waals surface area contributed by atoms with Crippen molar-refractivity contribution in [3.05, 3.63) is 30.9 Å². The van der Waals surface area contributed by atoms with Gasteiger partial charge in [0, 0.05) is 31.3 Å². The highest BCUT2D eigenvalue weighted by Crippen LogP contribution is 2.24. The third kappa shape index (κ3) is 2.92. The number of nitrogens with zero attached hydrogens (tertiary/aromatic N) is 5. The van der Waals surface area contributed by atoms with E-state index in [9.17, 15) is 0 Å². The first-order chi connectivity index (χ1) is 11.3. The molecule has 0 radical (unpaired) electrons. The molecule has 1 N–H and O–H groups in total. The zero-order chi connectivity index (χ0) is 15.6. The minimum atomic E-state index is 0.538. The lowest BCUT2D eigenvalue weighted by Gasteiger charge is -2.22. The van der Waals surface area contributed by atoms with Gasteiger partial charge in [0.15, 0.2) is 0 Å². The Kier molecular flexibility index (Phi) is 3.70. The van der Waals surface area contributed by atoms with Crippen LogP contribution in [-0.2, 0) is 7.05 Å². The predicted octanol–water partition coefficient (Wildman–Crippen LogP) is 1.51. The van der Waals surface area contributed by atoms with E-state index in [1.807, 2.05) is 30.0 Å². The van der Waals surface area contributed by atoms with Crippen molar-refractivity contribution < 1.29 is 4.74 Å². The molecule has 4 heterocycles. The van der Waals surface area contributed by atoms with E-state index in [4.69, 9.17) is 4.74 Å².